The van der Waals surface area contributed by atoms with Crippen molar-refractivity contribution in [2.75, 3.05) is 41.3 Å². The van der Waals surface area contributed by atoms with E-state index in [9.17, 15) is 14.7 Å². The van der Waals surface area contributed by atoms with E-state index < -0.39 is 5.97 Å². The van der Waals surface area contributed by atoms with Crippen molar-refractivity contribution in [3.05, 3.63) is 40.8 Å². The third kappa shape index (κ3) is 4.48. The smallest absolute Gasteiger partial charge is 0.307 e. The molecular formula is C26H31N7O4. The summed E-state index contributed by atoms with van der Waals surface area (Å²) in [5.41, 5.74) is 2.03. The number of anilines is 4. The van der Waals surface area contributed by atoms with Gasteiger partial charge in [0.15, 0.2) is 0 Å². The van der Waals surface area contributed by atoms with E-state index in [2.05, 4.69) is 30.3 Å². The number of nitrogens with zero attached hydrogens (tertiary/aromatic N) is 5. The molecule has 1 aliphatic carbocycles. The van der Waals surface area contributed by atoms with Crippen molar-refractivity contribution in [3.8, 4) is 0 Å². The Morgan fingerprint density at radius 3 is 2.46 bits per heavy atom. The lowest BCUT2D eigenvalue weighted by Crippen LogP contribution is -2.46. The minimum atomic E-state index is -0.656. The first-order valence-electron chi connectivity index (χ1n) is 12.8. The van der Waals surface area contributed by atoms with E-state index in [1.807, 2.05) is 38.1 Å². The Morgan fingerprint density at radius 1 is 1.11 bits per heavy atom. The first-order valence-corrected chi connectivity index (χ1v) is 12.8. The van der Waals surface area contributed by atoms with Gasteiger partial charge in [-0.1, -0.05) is 0 Å². The Hall–Kier alpha value is -3.73. The maximum absolute atomic E-state index is 12.6. The molecule has 2 aliphatic heterocycles. The van der Waals surface area contributed by atoms with Crippen LogP contribution in [0.25, 0.3) is 10.9 Å². The number of piperidine rings is 1. The zero-order valence-corrected chi connectivity index (χ0v) is 21.0. The number of fused-ring (bicyclic) bond motifs is 1. The SMILES string of the molecule is CC1CN(c2nc(Nc3ccc(N4CCC5(CC4)CC5C(=O)O)cc3)c3c(=O)[nH]ncc3n2)CC(C)O1. The molecule has 4 heterocycles. The number of ether oxygens (including phenoxy) is 1. The molecule has 1 saturated carbocycles. The zero-order valence-electron chi connectivity index (χ0n) is 21.0. The van der Waals surface area contributed by atoms with Gasteiger partial charge in [-0.25, -0.2) is 10.1 Å². The van der Waals surface area contributed by atoms with Gasteiger partial charge >= 0.3 is 5.97 Å². The van der Waals surface area contributed by atoms with Crippen molar-refractivity contribution in [1.82, 2.24) is 20.2 Å². The second-order valence-corrected chi connectivity index (χ2v) is 10.6. The maximum Gasteiger partial charge on any atom is 0.307 e. The Labute approximate surface area is 213 Å². The third-order valence-electron chi connectivity index (χ3n) is 7.95. The van der Waals surface area contributed by atoms with E-state index in [1.165, 1.54) is 0 Å². The fourth-order valence-corrected chi connectivity index (χ4v) is 5.92. The minimum absolute atomic E-state index is 0.00753. The molecule has 37 heavy (non-hydrogen) atoms. The van der Waals surface area contributed by atoms with Crippen molar-refractivity contribution < 1.29 is 14.6 Å². The number of carboxylic acids is 1. The number of carbonyl (C=O) groups is 1. The number of hydrogen-bond acceptors (Lipinski definition) is 9. The summed E-state index contributed by atoms with van der Waals surface area (Å²) in [6.45, 7) is 7.07. The summed E-state index contributed by atoms with van der Waals surface area (Å²) in [6, 6.07) is 8.03. The summed E-state index contributed by atoms with van der Waals surface area (Å²) in [7, 11) is 0. The van der Waals surface area contributed by atoms with E-state index in [4.69, 9.17) is 9.72 Å². The van der Waals surface area contributed by atoms with Crippen LogP contribution in [-0.4, -0.2) is 69.6 Å². The number of morpholine rings is 1. The van der Waals surface area contributed by atoms with Crippen LogP contribution in [0.3, 0.4) is 0 Å². The third-order valence-corrected chi connectivity index (χ3v) is 7.95. The molecule has 3 fully saturated rings. The number of aromatic nitrogens is 4. The average Bonchev–Trinajstić information content (AvgIpc) is 3.58. The number of nitrogens with one attached hydrogen (secondary N) is 2. The van der Waals surface area contributed by atoms with Gasteiger partial charge in [0.2, 0.25) is 5.95 Å². The van der Waals surface area contributed by atoms with Crippen LogP contribution in [-0.2, 0) is 9.53 Å². The van der Waals surface area contributed by atoms with Crippen LogP contribution in [0.15, 0.2) is 35.3 Å². The topological polar surface area (TPSA) is 137 Å². The molecule has 0 radical (unpaired) electrons. The molecule has 3 unspecified atom stereocenters. The van der Waals surface area contributed by atoms with Crippen molar-refractivity contribution in [3.63, 3.8) is 0 Å². The Bertz CT molecular complexity index is 1370. The van der Waals surface area contributed by atoms with Gasteiger partial charge in [-0.3, -0.25) is 9.59 Å². The molecule has 2 saturated heterocycles. The largest absolute Gasteiger partial charge is 0.481 e. The standard InChI is InChI=1S/C26H31N7O4/c1-15-13-33(14-16(2)37-15)25-29-20-12-27-31-23(34)21(20)22(30-25)28-17-3-5-18(6-4-17)32-9-7-26(8-10-32)11-19(26)24(35)36/h3-6,12,15-16,19H,7-11,13-14H2,1-2H3,(H,31,34)(H,35,36)(H,28,29,30). The van der Waals surface area contributed by atoms with Crippen LogP contribution in [0, 0.1) is 11.3 Å². The molecule has 11 nitrogen and oxygen atoms in total. The summed E-state index contributed by atoms with van der Waals surface area (Å²) in [5, 5.41) is 19.4. The summed E-state index contributed by atoms with van der Waals surface area (Å²) in [5.74, 6) is 0.132. The van der Waals surface area contributed by atoms with Gasteiger partial charge in [-0.15, -0.1) is 0 Å². The molecule has 11 heteroatoms. The first-order chi connectivity index (χ1) is 17.8. The first kappa shape index (κ1) is 23.7. The average molecular weight is 506 g/mol. The highest BCUT2D eigenvalue weighted by atomic mass is 16.5. The highest BCUT2D eigenvalue weighted by molar-refractivity contribution is 5.90. The quantitative estimate of drug-likeness (QED) is 0.475. The molecule has 3 N–H and O–H groups in total. The van der Waals surface area contributed by atoms with Gasteiger partial charge in [-0.2, -0.15) is 10.1 Å². The maximum atomic E-state index is 12.6. The number of rotatable bonds is 5. The highest BCUT2D eigenvalue weighted by Gasteiger charge is 2.58. The molecule has 2 aromatic heterocycles. The van der Waals surface area contributed by atoms with E-state index in [0.717, 1.165) is 43.7 Å². The fourth-order valence-electron chi connectivity index (χ4n) is 5.92. The molecule has 6 rings (SSSR count). The zero-order chi connectivity index (χ0) is 25.7. The normalized spacial score (nSPS) is 24.9. The van der Waals surface area contributed by atoms with E-state index >= 15 is 0 Å². The number of aromatic amines is 1. The molecule has 3 aliphatic rings. The number of carboxylic acid groups (broad SMARTS) is 1. The molecule has 3 aromatic rings. The van der Waals surface area contributed by atoms with Gasteiger partial charge in [0.1, 0.15) is 16.7 Å². The lowest BCUT2D eigenvalue weighted by molar-refractivity contribution is -0.139. The predicted octanol–water partition coefficient (Wildman–Crippen LogP) is 2.76. The molecule has 0 bridgehead atoms. The number of benzene rings is 1. The summed E-state index contributed by atoms with van der Waals surface area (Å²) >= 11 is 0. The van der Waals surface area contributed by atoms with Gasteiger partial charge in [-0.05, 0) is 62.8 Å². The predicted molar refractivity (Wildman–Crippen MR) is 140 cm³/mol. The molecule has 1 spiro atoms. The molecule has 194 valence electrons. The molecule has 0 amide bonds. The fraction of sp³-hybridized carbons (Fsp3) is 0.500. The van der Waals surface area contributed by atoms with Crippen LogP contribution in [0.5, 0.6) is 0 Å². The van der Waals surface area contributed by atoms with Crippen molar-refractivity contribution in [1.29, 1.82) is 0 Å². The number of hydrogen-bond donors (Lipinski definition) is 3. The Kier molecular flexibility index (Phi) is 5.74. The number of H-pyrrole nitrogens is 1. The molecular weight excluding hydrogens is 474 g/mol. The Morgan fingerprint density at radius 2 is 1.81 bits per heavy atom. The summed E-state index contributed by atoms with van der Waals surface area (Å²) < 4.78 is 5.85. The van der Waals surface area contributed by atoms with Crippen LogP contribution in [0.2, 0.25) is 0 Å². The Balaban J connectivity index is 1.22. The summed E-state index contributed by atoms with van der Waals surface area (Å²) in [4.78, 5) is 37.8. The van der Waals surface area contributed by atoms with E-state index in [-0.39, 0.29) is 29.1 Å². The minimum Gasteiger partial charge on any atom is -0.481 e. The van der Waals surface area contributed by atoms with Crippen molar-refractivity contribution >= 4 is 40.0 Å². The number of aliphatic carboxylic acids is 1. The van der Waals surface area contributed by atoms with E-state index in [1.54, 1.807) is 6.20 Å². The van der Waals surface area contributed by atoms with Gasteiger partial charge in [0, 0.05) is 37.6 Å². The molecule has 1 aromatic carbocycles. The van der Waals surface area contributed by atoms with Gasteiger partial charge in [0.25, 0.3) is 5.56 Å². The van der Waals surface area contributed by atoms with Crippen LogP contribution in [0.4, 0.5) is 23.1 Å². The second-order valence-electron chi connectivity index (χ2n) is 10.6. The second kappa shape index (κ2) is 8.98. The lowest BCUT2D eigenvalue weighted by Gasteiger charge is -2.35. The highest BCUT2D eigenvalue weighted by Crippen LogP contribution is 2.59. The van der Waals surface area contributed by atoms with Crippen LogP contribution < -0.4 is 20.7 Å². The van der Waals surface area contributed by atoms with Crippen LogP contribution in [0.1, 0.15) is 33.1 Å². The molecule has 3 atom stereocenters. The monoisotopic (exact) mass is 505 g/mol. The summed E-state index contributed by atoms with van der Waals surface area (Å²) in [6.07, 6.45) is 4.27. The van der Waals surface area contributed by atoms with Crippen LogP contribution >= 0.6 is 0 Å². The lowest BCUT2D eigenvalue weighted by atomic mass is 9.90. The van der Waals surface area contributed by atoms with Gasteiger partial charge in [0.05, 0.1) is 24.3 Å². The van der Waals surface area contributed by atoms with Gasteiger partial charge < -0.3 is 25.0 Å². The van der Waals surface area contributed by atoms with E-state index in [0.29, 0.717) is 35.8 Å². The van der Waals surface area contributed by atoms with Crippen molar-refractivity contribution in [2.24, 2.45) is 11.3 Å². The van der Waals surface area contributed by atoms with Crippen molar-refractivity contribution in [2.45, 2.75) is 45.3 Å².